The Morgan fingerprint density at radius 3 is 2.58 bits per heavy atom. The fraction of sp³-hybridized carbons (Fsp3) is 0.647. The SMILES string of the molecule is CNC1CN(c2ccccc2C(C)C)CCC1(C)C. The summed E-state index contributed by atoms with van der Waals surface area (Å²) in [5.74, 6) is 0.583. The Morgan fingerprint density at radius 1 is 1.26 bits per heavy atom. The summed E-state index contributed by atoms with van der Waals surface area (Å²) < 4.78 is 0. The van der Waals surface area contributed by atoms with Crippen LogP contribution in [0.2, 0.25) is 0 Å². The third-order valence-electron chi connectivity index (χ3n) is 4.62. The number of rotatable bonds is 3. The first-order valence-electron chi connectivity index (χ1n) is 7.47. The summed E-state index contributed by atoms with van der Waals surface area (Å²) in [5, 5.41) is 3.50. The quantitative estimate of drug-likeness (QED) is 0.892. The van der Waals surface area contributed by atoms with Crippen molar-refractivity contribution in [2.75, 3.05) is 25.0 Å². The van der Waals surface area contributed by atoms with Crippen molar-refractivity contribution >= 4 is 5.69 Å². The van der Waals surface area contributed by atoms with Crippen LogP contribution in [0.3, 0.4) is 0 Å². The molecule has 1 unspecified atom stereocenters. The van der Waals surface area contributed by atoms with E-state index in [2.05, 4.69) is 69.2 Å². The van der Waals surface area contributed by atoms with Crippen molar-refractivity contribution in [1.29, 1.82) is 0 Å². The van der Waals surface area contributed by atoms with Crippen LogP contribution >= 0.6 is 0 Å². The van der Waals surface area contributed by atoms with Crippen LogP contribution in [-0.2, 0) is 0 Å². The standard InChI is InChI=1S/C17H28N2/c1-13(2)14-8-6-7-9-15(14)19-11-10-17(3,4)16(12-19)18-5/h6-9,13,16,18H,10-12H2,1-5H3. The summed E-state index contributed by atoms with van der Waals surface area (Å²) in [6.07, 6.45) is 1.24. The number of hydrogen-bond acceptors (Lipinski definition) is 2. The predicted octanol–water partition coefficient (Wildman–Crippen LogP) is 3.63. The maximum atomic E-state index is 3.50. The van der Waals surface area contributed by atoms with E-state index in [4.69, 9.17) is 0 Å². The highest BCUT2D eigenvalue weighted by molar-refractivity contribution is 5.55. The van der Waals surface area contributed by atoms with Gasteiger partial charge in [-0.2, -0.15) is 0 Å². The molecular weight excluding hydrogens is 232 g/mol. The first-order chi connectivity index (χ1) is 8.95. The van der Waals surface area contributed by atoms with E-state index in [0.29, 0.717) is 17.4 Å². The van der Waals surface area contributed by atoms with Crippen LogP contribution in [-0.4, -0.2) is 26.2 Å². The number of likely N-dealkylation sites (N-methyl/N-ethyl adjacent to an activating group) is 1. The maximum Gasteiger partial charge on any atom is 0.0401 e. The lowest BCUT2D eigenvalue weighted by Crippen LogP contribution is -2.54. The van der Waals surface area contributed by atoms with Crippen LogP contribution in [0.4, 0.5) is 5.69 Å². The van der Waals surface area contributed by atoms with Crippen molar-refractivity contribution in [2.24, 2.45) is 5.41 Å². The van der Waals surface area contributed by atoms with Crippen LogP contribution in [0.25, 0.3) is 0 Å². The number of anilines is 1. The Hall–Kier alpha value is -1.02. The molecule has 0 bridgehead atoms. The summed E-state index contributed by atoms with van der Waals surface area (Å²) >= 11 is 0. The van der Waals surface area contributed by atoms with Gasteiger partial charge in [-0.1, -0.05) is 45.9 Å². The Labute approximate surface area is 118 Å². The van der Waals surface area contributed by atoms with Crippen molar-refractivity contribution in [3.05, 3.63) is 29.8 Å². The summed E-state index contributed by atoms with van der Waals surface area (Å²) in [4.78, 5) is 2.56. The molecule has 1 aromatic rings. The van der Waals surface area contributed by atoms with E-state index in [1.54, 1.807) is 0 Å². The Bertz CT molecular complexity index is 423. The van der Waals surface area contributed by atoms with Gasteiger partial charge in [0.25, 0.3) is 0 Å². The van der Waals surface area contributed by atoms with Crippen LogP contribution in [0.1, 0.15) is 45.6 Å². The van der Waals surface area contributed by atoms with Crippen molar-refractivity contribution in [1.82, 2.24) is 5.32 Å². The van der Waals surface area contributed by atoms with E-state index in [-0.39, 0.29) is 0 Å². The van der Waals surface area contributed by atoms with Crippen molar-refractivity contribution in [3.63, 3.8) is 0 Å². The molecule has 0 aliphatic carbocycles. The molecular formula is C17H28N2. The Morgan fingerprint density at radius 2 is 1.95 bits per heavy atom. The van der Waals surface area contributed by atoms with Gasteiger partial charge in [0.1, 0.15) is 0 Å². The molecule has 1 aromatic carbocycles. The predicted molar refractivity (Wildman–Crippen MR) is 84.0 cm³/mol. The number of hydrogen-bond donors (Lipinski definition) is 1. The second-order valence-corrected chi connectivity index (χ2v) is 6.74. The molecule has 2 nitrogen and oxygen atoms in total. The molecule has 2 rings (SSSR count). The van der Waals surface area contributed by atoms with Crippen molar-refractivity contribution < 1.29 is 0 Å². The fourth-order valence-electron chi connectivity index (χ4n) is 3.12. The van der Waals surface area contributed by atoms with Crippen LogP contribution in [0.15, 0.2) is 24.3 Å². The summed E-state index contributed by atoms with van der Waals surface area (Å²) in [6, 6.07) is 9.42. The smallest absolute Gasteiger partial charge is 0.0401 e. The highest BCUT2D eigenvalue weighted by Crippen LogP contribution is 2.35. The van der Waals surface area contributed by atoms with E-state index in [0.717, 1.165) is 13.1 Å². The third-order valence-corrected chi connectivity index (χ3v) is 4.62. The van der Waals surface area contributed by atoms with E-state index in [1.807, 2.05) is 0 Å². The van der Waals surface area contributed by atoms with Gasteiger partial charge in [0.2, 0.25) is 0 Å². The Kier molecular flexibility index (Phi) is 4.19. The molecule has 1 heterocycles. The topological polar surface area (TPSA) is 15.3 Å². The number of nitrogens with one attached hydrogen (secondary N) is 1. The molecule has 19 heavy (non-hydrogen) atoms. The number of piperidine rings is 1. The molecule has 1 saturated heterocycles. The second-order valence-electron chi connectivity index (χ2n) is 6.74. The molecule has 0 amide bonds. The van der Waals surface area contributed by atoms with Gasteiger partial charge in [-0.05, 0) is 36.4 Å². The van der Waals surface area contributed by atoms with Gasteiger partial charge in [-0.15, -0.1) is 0 Å². The highest BCUT2D eigenvalue weighted by Gasteiger charge is 2.35. The first kappa shape index (κ1) is 14.4. The van der Waals surface area contributed by atoms with Gasteiger partial charge >= 0.3 is 0 Å². The van der Waals surface area contributed by atoms with E-state index in [1.165, 1.54) is 17.7 Å². The van der Waals surface area contributed by atoms with Crippen LogP contribution < -0.4 is 10.2 Å². The van der Waals surface area contributed by atoms with Gasteiger partial charge in [0.05, 0.1) is 0 Å². The lowest BCUT2D eigenvalue weighted by atomic mass is 9.78. The average Bonchev–Trinajstić information content (AvgIpc) is 2.38. The minimum absolute atomic E-state index is 0.387. The normalized spacial score (nSPS) is 22.8. The largest absolute Gasteiger partial charge is 0.370 e. The van der Waals surface area contributed by atoms with Gasteiger partial charge in [0.15, 0.2) is 0 Å². The zero-order chi connectivity index (χ0) is 14.0. The minimum Gasteiger partial charge on any atom is -0.370 e. The molecule has 1 atom stereocenters. The van der Waals surface area contributed by atoms with E-state index < -0.39 is 0 Å². The van der Waals surface area contributed by atoms with Crippen molar-refractivity contribution in [2.45, 2.75) is 46.1 Å². The Balaban J connectivity index is 2.24. The number of benzene rings is 1. The van der Waals surface area contributed by atoms with Crippen LogP contribution in [0.5, 0.6) is 0 Å². The van der Waals surface area contributed by atoms with E-state index in [9.17, 15) is 0 Å². The molecule has 0 aromatic heterocycles. The summed E-state index contributed by atoms with van der Waals surface area (Å²) in [7, 11) is 2.09. The zero-order valence-corrected chi connectivity index (χ0v) is 13.0. The summed E-state index contributed by atoms with van der Waals surface area (Å²) in [6.45, 7) is 11.6. The molecule has 1 N–H and O–H groups in total. The lowest BCUT2D eigenvalue weighted by molar-refractivity contribution is 0.207. The number of para-hydroxylation sites is 1. The minimum atomic E-state index is 0.387. The third kappa shape index (κ3) is 2.94. The van der Waals surface area contributed by atoms with Crippen molar-refractivity contribution in [3.8, 4) is 0 Å². The second kappa shape index (κ2) is 5.54. The molecule has 0 radical (unpaired) electrons. The summed E-state index contributed by atoms with van der Waals surface area (Å²) in [5.41, 5.74) is 3.28. The fourth-order valence-corrected chi connectivity index (χ4v) is 3.12. The zero-order valence-electron chi connectivity index (χ0n) is 13.0. The molecule has 1 aliphatic heterocycles. The van der Waals surface area contributed by atoms with Gasteiger partial charge in [0, 0.05) is 24.8 Å². The van der Waals surface area contributed by atoms with Gasteiger partial charge in [-0.25, -0.2) is 0 Å². The van der Waals surface area contributed by atoms with Gasteiger partial charge < -0.3 is 10.2 Å². The maximum absolute atomic E-state index is 3.50. The first-order valence-corrected chi connectivity index (χ1v) is 7.47. The number of nitrogens with zero attached hydrogens (tertiary/aromatic N) is 1. The lowest BCUT2D eigenvalue weighted by Gasteiger charge is -2.45. The molecule has 0 saturated carbocycles. The average molecular weight is 260 g/mol. The molecule has 1 fully saturated rings. The van der Waals surface area contributed by atoms with E-state index >= 15 is 0 Å². The molecule has 0 spiro atoms. The highest BCUT2D eigenvalue weighted by atomic mass is 15.2. The monoisotopic (exact) mass is 260 g/mol. The molecule has 2 heteroatoms. The molecule has 106 valence electrons. The van der Waals surface area contributed by atoms with Crippen LogP contribution in [0, 0.1) is 5.41 Å². The van der Waals surface area contributed by atoms with Gasteiger partial charge in [-0.3, -0.25) is 0 Å². The molecule has 1 aliphatic rings.